The molecule has 1 fully saturated rings. The summed E-state index contributed by atoms with van der Waals surface area (Å²) in [6, 6.07) is 0. The lowest BCUT2D eigenvalue weighted by Crippen LogP contribution is -1.88. The molecule has 2 rings (SSSR count). The molecule has 0 saturated heterocycles. The molecule has 0 amide bonds. The summed E-state index contributed by atoms with van der Waals surface area (Å²) >= 11 is 0. The Hall–Kier alpha value is -0.520. The van der Waals surface area contributed by atoms with Crippen molar-refractivity contribution in [2.45, 2.75) is 26.2 Å². The second kappa shape index (κ2) is 1.73. The molecule has 0 aromatic carbocycles. The van der Waals surface area contributed by atoms with Crippen molar-refractivity contribution in [2.75, 3.05) is 0 Å². The van der Waals surface area contributed by atoms with Gasteiger partial charge in [-0.15, -0.1) is 0 Å². The van der Waals surface area contributed by atoms with Crippen molar-refractivity contribution >= 4 is 0 Å². The molecule has 0 aromatic heterocycles. The summed E-state index contributed by atoms with van der Waals surface area (Å²) in [4.78, 5) is 0. The quantitative estimate of drug-likeness (QED) is 0.461. The van der Waals surface area contributed by atoms with Gasteiger partial charge < -0.3 is 0 Å². The third-order valence-electron chi connectivity index (χ3n) is 2.48. The Morgan fingerprint density at radius 1 is 1.56 bits per heavy atom. The number of allylic oxidation sites excluding steroid dienone is 4. The van der Waals surface area contributed by atoms with Gasteiger partial charge in [-0.2, -0.15) is 0 Å². The van der Waals surface area contributed by atoms with Crippen LogP contribution in [-0.2, 0) is 0 Å². The van der Waals surface area contributed by atoms with Crippen molar-refractivity contribution in [1.29, 1.82) is 0 Å². The molecule has 0 N–H and O–H groups in total. The van der Waals surface area contributed by atoms with Gasteiger partial charge in [0.2, 0.25) is 0 Å². The van der Waals surface area contributed by atoms with Gasteiger partial charge in [0, 0.05) is 0 Å². The zero-order valence-corrected chi connectivity index (χ0v) is 5.85. The van der Waals surface area contributed by atoms with E-state index in [1.807, 2.05) is 0 Å². The zero-order valence-electron chi connectivity index (χ0n) is 5.85. The van der Waals surface area contributed by atoms with Crippen LogP contribution in [0.15, 0.2) is 23.3 Å². The fourth-order valence-corrected chi connectivity index (χ4v) is 1.95. The maximum atomic E-state index is 2.41. The molecular weight excluding hydrogens is 108 g/mol. The van der Waals surface area contributed by atoms with Crippen molar-refractivity contribution in [3.05, 3.63) is 23.3 Å². The van der Waals surface area contributed by atoms with Gasteiger partial charge in [0.05, 0.1) is 0 Å². The Labute approximate surface area is 56.3 Å². The summed E-state index contributed by atoms with van der Waals surface area (Å²) in [5.74, 6) is 0.992. The maximum Gasteiger partial charge on any atom is -0.0245 e. The highest BCUT2D eigenvalue weighted by atomic mass is 14.3. The summed E-state index contributed by atoms with van der Waals surface area (Å²) in [5, 5.41) is 0. The van der Waals surface area contributed by atoms with Crippen LogP contribution in [0.1, 0.15) is 26.2 Å². The normalized spacial score (nSPS) is 35.9. The highest BCUT2D eigenvalue weighted by Gasteiger charge is 2.27. The lowest BCUT2D eigenvalue weighted by atomic mass is 10.0. The van der Waals surface area contributed by atoms with E-state index in [-0.39, 0.29) is 0 Å². The molecule has 0 heteroatoms. The van der Waals surface area contributed by atoms with Gasteiger partial charge in [-0.3, -0.25) is 0 Å². The van der Waals surface area contributed by atoms with Crippen molar-refractivity contribution in [3.63, 3.8) is 0 Å². The van der Waals surface area contributed by atoms with E-state index in [1.54, 1.807) is 11.1 Å². The largest absolute Gasteiger partial charge is 0.0842 e. The van der Waals surface area contributed by atoms with Crippen LogP contribution < -0.4 is 0 Å². The second-order valence-electron chi connectivity index (χ2n) is 3.05. The number of hydrogen-bond donors (Lipinski definition) is 0. The first-order valence-corrected chi connectivity index (χ1v) is 3.74. The van der Waals surface area contributed by atoms with Gasteiger partial charge >= 0.3 is 0 Å². The Morgan fingerprint density at radius 2 is 2.44 bits per heavy atom. The van der Waals surface area contributed by atoms with Crippen LogP contribution in [0.5, 0.6) is 0 Å². The first-order chi connectivity index (χ1) is 4.40. The van der Waals surface area contributed by atoms with Gasteiger partial charge in [0.15, 0.2) is 0 Å². The molecule has 9 heavy (non-hydrogen) atoms. The fourth-order valence-electron chi connectivity index (χ4n) is 1.95. The minimum atomic E-state index is 0.992. The van der Waals surface area contributed by atoms with E-state index in [2.05, 4.69) is 19.1 Å². The Kier molecular flexibility index (Phi) is 1.01. The first-order valence-electron chi connectivity index (χ1n) is 3.74. The summed E-state index contributed by atoms with van der Waals surface area (Å²) in [6.07, 6.45) is 8.77. The van der Waals surface area contributed by atoms with E-state index in [1.165, 1.54) is 19.3 Å². The van der Waals surface area contributed by atoms with Crippen LogP contribution in [0.2, 0.25) is 0 Å². The molecule has 0 spiro atoms. The van der Waals surface area contributed by atoms with Crippen molar-refractivity contribution in [1.82, 2.24) is 0 Å². The molecule has 0 aromatic rings. The SMILES string of the molecule is CC=C1CC2CC=C1C2. The van der Waals surface area contributed by atoms with Gasteiger partial charge in [-0.05, 0) is 43.3 Å². The minimum Gasteiger partial charge on any atom is -0.0842 e. The molecule has 0 aliphatic heterocycles. The molecule has 2 aliphatic rings. The maximum absolute atomic E-state index is 2.41. The molecule has 1 atom stereocenters. The van der Waals surface area contributed by atoms with Gasteiger partial charge in [-0.25, -0.2) is 0 Å². The third-order valence-corrected chi connectivity index (χ3v) is 2.48. The standard InChI is InChI=1S/C9H12/c1-2-8-5-7-3-4-9(8)6-7/h2,4,7H,3,5-6H2,1H3. The van der Waals surface area contributed by atoms with Gasteiger partial charge in [0.25, 0.3) is 0 Å². The Balaban J connectivity index is 2.34. The number of rotatable bonds is 0. The van der Waals surface area contributed by atoms with Crippen molar-refractivity contribution in [3.8, 4) is 0 Å². The first kappa shape index (κ1) is 5.28. The minimum absolute atomic E-state index is 0.992. The lowest BCUT2D eigenvalue weighted by molar-refractivity contribution is 0.603. The molecular formula is C9H12. The third kappa shape index (κ3) is 0.658. The monoisotopic (exact) mass is 120 g/mol. The van der Waals surface area contributed by atoms with E-state index in [4.69, 9.17) is 0 Å². The summed E-state index contributed by atoms with van der Waals surface area (Å²) < 4.78 is 0. The van der Waals surface area contributed by atoms with E-state index in [9.17, 15) is 0 Å². The highest BCUT2D eigenvalue weighted by molar-refractivity contribution is 5.39. The zero-order chi connectivity index (χ0) is 6.27. The summed E-state index contributed by atoms with van der Waals surface area (Å²) in [7, 11) is 0. The van der Waals surface area contributed by atoms with E-state index < -0.39 is 0 Å². The highest BCUT2D eigenvalue weighted by Crippen LogP contribution is 2.43. The predicted octanol–water partition coefficient (Wildman–Crippen LogP) is 2.67. The van der Waals surface area contributed by atoms with Crippen LogP contribution in [0.25, 0.3) is 0 Å². The molecule has 1 unspecified atom stereocenters. The molecule has 0 nitrogen and oxygen atoms in total. The van der Waals surface area contributed by atoms with Crippen LogP contribution in [0.4, 0.5) is 0 Å². The summed E-state index contributed by atoms with van der Waals surface area (Å²) in [6.45, 7) is 2.15. The molecule has 1 saturated carbocycles. The second-order valence-corrected chi connectivity index (χ2v) is 3.05. The van der Waals surface area contributed by atoms with Gasteiger partial charge in [0.1, 0.15) is 0 Å². The molecule has 2 aliphatic carbocycles. The lowest BCUT2D eigenvalue weighted by Gasteiger charge is -2.03. The van der Waals surface area contributed by atoms with Gasteiger partial charge in [-0.1, -0.05) is 12.2 Å². The number of fused-ring (bicyclic) bond motifs is 2. The molecule has 2 bridgehead atoms. The predicted molar refractivity (Wildman–Crippen MR) is 39.2 cm³/mol. The van der Waals surface area contributed by atoms with E-state index in [0.717, 1.165) is 5.92 Å². The van der Waals surface area contributed by atoms with Crippen molar-refractivity contribution < 1.29 is 0 Å². The van der Waals surface area contributed by atoms with E-state index in [0.29, 0.717) is 0 Å². The summed E-state index contributed by atoms with van der Waals surface area (Å²) in [5.41, 5.74) is 3.26. The van der Waals surface area contributed by atoms with Crippen LogP contribution in [-0.4, -0.2) is 0 Å². The molecule has 0 heterocycles. The Bertz CT molecular complexity index is 184. The molecule has 48 valence electrons. The van der Waals surface area contributed by atoms with Crippen LogP contribution >= 0.6 is 0 Å². The van der Waals surface area contributed by atoms with Crippen LogP contribution in [0, 0.1) is 5.92 Å². The topological polar surface area (TPSA) is 0 Å². The van der Waals surface area contributed by atoms with Crippen molar-refractivity contribution in [2.24, 2.45) is 5.92 Å². The molecule has 0 radical (unpaired) electrons. The number of hydrogen-bond acceptors (Lipinski definition) is 0. The average Bonchev–Trinajstić information content (AvgIpc) is 2.45. The smallest absolute Gasteiger partial charge is 0.0245 e. The van der Waals surface area contributed by atoms with E-state index >= 15 is 0 Å². The fraction of sp³-hybridized carbons (Fsp3) is 0.556. The van der Waals surface area contributed by atoms with Crippen LogP contribution in [0.3, 0.4) is 0 Å². The Morgan fingerprint density at radius 3 is 2.78 bits per heavy atom. The average molecular weight is 120 g/mol.